The van der Waals surface area contributed by atoms with Gasteiger partial charge in [-0.2, -0.15) is 5.10 Å². The Bertz CT molecular complexity index is 580. The van der Waals surface area contributed by atoms with Crippen molar-refractivity contribution in [2.45, 2.75) is 40.0 Å². The Labute approximate surface area is 128 Å². The molecule has 0 aliphatic carbocycles. The fourth-order valence-electron chi connectivity index (χ4n) is 2.07. The zero-order valence-electron chi connectivity index (χ0n) is 11.9. The Balaban J connectivity index is 2.15. The maximum absolute atomic E-state index is 5.87. The molecule has 1 heterocycles. The van der Waals surface area contributed by atoms with Gasteiger partial charge in [-0.1, -0.05) is 19.1 Å². The highest BCUT2D eigenvalue weighted by Crippen LogP contribution is 2.24. The summed E-state index contributed by atoms with van der Waals surface area (Å²) in [7, 11) is 0. The number of hydrogen-bond acceptors (Lipinski definition) is 3. The van der Waals surface area contributed by atoms with Gasteiger partial charge >= 0.3 is 0 Å². The molecule has 2 rings (SSSR count). The van der Waals surface area contributed by atoms with Gasteiger partial charge in [0.25, 0.3) is 0 Å². The van der Waals surface area contributed by atoms with E-state index in [2.05, 4.69) is 34.9 Å². The third-order valence-electron chi connectivity index (χ3n) is 3.20. The van der Waals surface area contributed by atoms with Crippen molar-refractivity contribution < 1.29 is 4.74 Å². The second kappa shape index (κ2) is 6.90. The third kappa shape index (κ3) is 3.22. The van der Waals surface area contributed by atoms with Gasteiger partial charge in [0.15, 0.2) is 0 Å². The van der Waals surface area contributed by atoms with E-state index in [1.54, 1.807) is 0 Å². The van der Waals surface area contributed by atoms with Crippen molar-refractivity contribution >= 4 is 15.9 Å². The van der Waals surface area contributed by atoms with Gasteiger partial charge in [-0.05, 0) is 47.0 Å². The predicted molar refractivity (Wildman–Crippen MR) is 83.6 cm³/mol. The molecule has 0 radical (unpaired) electrons. The Hall–Kier alpha value is -1.33. The molecule has 0 saturated carbocycles. The summed E-state index contributed by atoms with van der Waals surface area (Å²) in [6.07, 6.45) is 0.906. The fourth-order valence-corrected chi connectivity index (χ4v) is 2.75. The molecule has 1 aromatic heterocycles. The minimum absolute atomic E-state index is 0.495. The average Bonchev–Trinajstić information content (AvgIpc) is 2.81. The van der Waals surface area contributed by atoms with Crippen molar-refractivity contribution in [2.24, 2.45) is 5.73 Å². The van der Waals surface area contributed by atoms with Crippen molar-refractivity contribution in [3.63, 3.8) is 0 Å². The molecule has 0 bridgehead atoms. The number of ether oxygens (including phenoxy) is 1. The van der Waals surface area contributed by atoms with Crippen LogP contribution in [0.25, 0.3) is 0 Å². The summed E-state index contributed by atoms with van der Waals surface area (Å²) >= 11 is 3.62. The molecule has 0 unspecified atom stereocenters. The molecule has 1 aromatic carbocycles. The molecule has 20 heavy (non-hydrogen) atoms. The third-order valence-corrected chi connectivity index (χ3v) is 4.12. The molecule has 5 heteroatoms. The number of halogens is 1. The fraction of sp³-hybridized carbons (Fsp3) is 0.400. The lowest BCUT2D eigenvalue weighted by Crippen LogP contribution is -2.07. The number of nitrogens with two attached hydrogens (primary N) is 1. The first-order valence-corrected chi connectivity index (χ1v) is 7.64. The van der Waals surface area contributed by atoms with Crippen LogP contribution in [-0.2, 0) is 26.1 Å². The van der Waals surface area contributed by atoms with Gasteiger partial charge in [0, 0.05) is 13.1 Å². The van der Waals surface area contributed by atoms with E-state index in [4.69, 9.17) is 10.5 Å². The normalized spacial score (nSPS) is 10.8. The smallest absolute Gasteiger partial charge is 0.131 e. The maximum Gasteiger partial charge on any atom is 0.131 e. The van der Waals surface area contributed by atoms with E-state index >= 15 is 0 Å². The molecular weight excluding hydrogens is 318 g/mol. The summed E-state index contributed by atoms with van der Waals surface area (Å²) in [5, 5.41) is 4.56. The van der Waals surface area contributed by atoms with Gasteiger partial charge < -0.3 is 10.5 Å². The standard InChI is InChI=1S/C15H20BrN3O/c1-3-13-15(16)14(19(4-2)18-13)10-20-12-7-5-6-11(8-12)9-17/h5-8H,3-4,9-10,17H2,1-2H3. The van der Waals surface area contributed by atoms with E-state index < -0.39 is 0 Å². The molecule has 0 atom stereocenters. The lowest BCUT2D eigenvalue weighted by Gasteiger charge is -2.09. The number of benzene rings is 1. The highest BCUT2D eigenvalue weighted by Gasteiger charge is 2.14. The molecule has 0 aliphatic heterocycles. The number of rotatable bonds is 6. The molecule has 0 fully saturated rings. The maximum atomic E-state index is 5.87. The molecule has 108 valence electrons. The van der Waals surface area contributed by atoms with E-state index in [0.717, 1.165) is 40.1 Å². The van der Waals surface area contributed by atoms with Crippen LogP contribution in [0.3, 0.4) is 0 Å². The molecular formula is C15H20BrN3O. The second-order valence-corrected chi connectivity index (χ2v) is 5.31. The highest BCUT2D eigenvalue weighted by atomic mass is 79.9. The average molecular weight is 338 g/mol. The molecule has 2 aromatic rings. The van der Waals surface area contributed by atoms with E-state index in [-0.39, 0.29) is 0 Å². The zero-order valence-corrected chi connectivity index (χ0v) is 13.5. The van der Waals surface area contributed by atoms with Gasteiger partial charge in [0.05, 0.1) is 15.9 Å². The van der Waals surface area contributed by atoms with Crippen molar-refractivity contribution in [1.29, 1.82) is 0 Å². The van der Waals surface area contributed by atoms with Crippen molar-refractivity contribution in [1.82, 2.24) is 9.78 Å². The second-order valence-electron chi connectivity index (χ2n) is 4.52. The summed E-state index contributed by atoms with van der Waals surface area (Å²) < 4.78 is 8.90. The van der Waals surface area contributed by atoms with Crippen LogP contribution in [0.2, 0.25) is 0 Å². The van der Waals surface area contributed by atoms with Crippen LogP contribution in [0.5, 0.6) is 5.75 Å². The summed E-state index contributed by atoms with van der Waals surface area (Å²) in [5.74, 6) is 0.835. The van der Waals surface area contributed by atoms with Crippen molar-refractivity contribution in [3.8, 4) is 5.75 Å². The van der Waals surface area contributed by atoms with Crippen LogP contribution in [0.15, 0.2) is 28.7 Å². The SMILES string of the molecule is CCc1nn(CC)c(COc2cccc(CN)c2)c1Br. The molecule has 4 nitrogen and oxygen atoms in total. The van der Waals surface area contributed by atoms with Gasteiger partial charge in [-0.15, -0.1) is 0 Å². The van der Waals surface area contributed by atoms with Crippen LogP contribution in [-0.4, -0.2) is 9.78 Å². The van der Waals surface area contributed by atoms with Gasteiger partial charge in [-0.25, -0.2) is 0 Å². The first kappa shape index (κ1) is 15.1. The monoisotopic (exact) mass is 337 g/mol. The summed E-state index contributed by atoms with van der Waals surface area (Å²) in [5.41, 5.74) is 8.85. The minimum atomic E-state index is 0.495. The Kier molecular flexibility index (Phi) is 5.20. The van der Waals surface area contributed by atoms with E-state index in [0.29, 0.717) is 13.2 Å². The Morgan fingerprint density at radius 3 is 2.80 bits per heavy atom. The molecule has 0 aliphatic rings. The first-order valence-electron chi connectivity index (χ1n) is 6.85. The molecule has 0 saturated heterocycles. The van der Waals surface area contributed by atoms with E-state index in [1.807, 2.05) is 28.9 Å². The largest absolute Gasteiger partial charge is 0.487 e. The summed E-state index contributed by atoms with van der Waals surface area (Å²) in [4.78, 5) is 0. The number of hydrogen-bond donors (Lipinski definition) is 1. The lowest BCUT2D eigenvalue weighted by molar-refractivity contribution is 0.291. The summed E-state index contributed by atoms with van der Waals surface area (Å²) in [6.45, 7) is 6.03. The topological polar surface area (TPSA) is 53.1 Å². The molecule has 0 spiro atoms. The van der Waals surface area contributed by atoms with Crippen molar-refractivity contribution in [3.05, 3.63) is 45.7 Å². The number of nitrogens with zero attached hydrogens (tertiary/aromatic N) is 2. The predicted octanol–water partition coefficient (Wildman–Crippen LogP) is 3.27. The Morgan fingerprint density at radius 1 is 1.35 bits per heavy atom. The minimum Gasteiger partial charge on any atom is -0.487 e. The zero-order chi connectivity index (χ0) is 14.5. The van der Waals surface area contributed by atoms with Crippen LogP contribution in [0.4, 0.5) is 0 Å². The molecule has 0 amide bonds. The quantitative estimate of drug-likeness (QED) is 0.880. The number of aromatic nitrogens is 2. The summed E-state index contributed by atoms with van der Waals surface area (Å²) in [6, 6.07) is 7.87. The first-order chi connectivity index (χ1) is 9.69. The van der Waals surface area contributed by atoms with Gasteiger partial charge in [-0.3, -0.25) is 4.68 Å². The van der Waals surface area contributed by atoms with E-state index in [9.17, 15) is 0 Å². The molecule has 2 N–H and O–H groups in total. The van der Waals surface area contributed by atoms with Crippen molar-refractivity contribution in [2.75, 3.05) is 0 Å². The number of aryl methyl sites for hydroxylation is 2. The Morgan fingerprint density at radius 2 is 2.15 bits per heavy atom. The van der Waals surface area contributed by atoms with E-state index in [1.165, 1.54) is 0 Å². The van der Waals surface area contributed by atoms with Crippen LogP contribution >= 0.6 is 15.9 Å². The highest BCUT2D eigenvalue weighted by molar-refractivity contribution is 9.10. The van der Waals surface area contributed by atoms with Crippen LogP contribution in [0, 0.1) is 0 Å². The van der Waals surface area contributed by atoms with Gasteiger partial charge in [0.2, 0.25) is 0 Å². The lowest BCUT2D eigenvalue weighted by atomic mass is 10.2. The van der Waals surface area contributed by atoms with Crippen LogP contribution in [0.1, 0.15) is 30.8 Å². The van der Waals surface area contributed by atoms with Crippen LogP contribution < -0.4 is 10.5 Å². The van der Waals surface area contributed by atoms with Gasteiger partial charge in [0.1, 0.15) is 12.4 Å².